The average molecular weight is 382 g/mol. The van der Waals surface area contributed by atoms with Crippen LogP contribution in [0.5, 0.6) is 0 Å². The van der Waals surface area contributed by atoms with E-state index in [1.165, 1.54) is 17.9 Å². The molecule has 1 aliphatic rings. The summed E-state index contributed by atoms with van der Waals surface area (Å²) in [5.41, 5.74) is 0.182. The Morgan fingerprint density at radius 3 is 2.85 bits per heavy atom. The molecule has 1 aliphatic heterocycles. The van der Waals surface area contributed by atoms with Gasteiger partial charge >= 0.3 is 0 Å². The van der Waals surface area contributed by atoms with E-state index < -0.39 is 11.6 Å². The van der Waals surface area contributed by atoms with Gasteiger partial charge < -0.3 is 5.32 Å². The smallest absolute Gasteiger partial charge is 0.143 e. The lowest BCUT2D eigenvalue weighted by atomic mass is 10.0. The van der Waals surface area contributed by atoms with E-state index >= 15 is 0 Å². The van der Waals surface area contributed by atoms with Crippen molar-refractivity contribution in [3.05, 3.63) is 33.8 Å². The molecule has 0 bridgehead atoms. The van der Waals surface area contributed by atoms with Crippen LogP contribution < -0.4 is 5.32 Å². The van der Waals surface area contributed by atoms with Crippen LogP contribution in [0.1, 0.15) is 12.5 Å². The molecule has 0 radical (unpaired) electrons. The number of thioether (sulfide) groups is 2. The van der Waals surface area contributed by atoms with Crippen molar-refractivity contribution in [2.45, 2.75) is 24.6 Å². The molecule has 2 rings (SSSR count). The van der Waals surface area contributed by atoms with Crippen LogP contribution in [-0.4, -0.2) is 35.1 Å². The second-order valence-electron chi connectivity index (χ2n) is 4.67. The van der Waals surface area contributed by atoms with Gasteiger partial charge in [-0.3, -0.25) is 0 Å². The third kappa shape index (κ3) is 4.12. The zero-order valence-electron chi connectivity index (χ0n) is 11.3. The van der Waals surface area contributed by atoms with E-state index in [2.05, 4.69) is 21.2 Å². The van der Waals surface area contributed by atoms with Crippen molar-refractivity contribution < 1.29 is 8.78 Å². The Hall–Kier alpha value is 0.220. The molecule has 0 saturated carbocycles. The van der Waals surface area contributed by atoms with Gasteiger partial charge in [-0.25, -0.2) is 8.78 Å². The van der Waals surface area contributed by atoms with Crippen LogP contribution in [0.2, 0.25) is 0 Å². The second-order valence-corrected chi connectivity index (χ2v) is 8.03. The minimum absolute atomic E-state index is 0.107. The molecule has 1 aromatic rings. The third-order valence-electron chi connectivity index (χ3n) is 3.32. The van der Waals surface area contributed by atoms with Crippen LogP contribution in [-0.2, 0) is 6.42 Å². The van der Waals surface area contributed by atoms with Gasteiger partial charge in [0, 0.05) is 34.1 Å². The van der Waals surface area contributed by atoms with Crippen LogP contribution in [0.25, 0.3) is 0 Å². The molecule has 1 saturated heterocycles. The summed E-state index contributed by atoms with van der Waals surface area (Å²) in [5, 5.41) is 3.80. The van der Waals surface area contributed by atoms with Crippen molar-refractivity contribution >= 4 is 39.5 Å². The standard InChI is InChI=1S/C14H18BrF2NS2/c1-2-18-12(13-8-19-5-6-20-13)7-9-11(16)4-3-10(15)14(9)17/h3-4,12-13,18H,2,5-8H2,1H3. The zero-order valence-corrected chi connectivity index (χ0v) is 14.5. The molecular formula is C14H18BrF2NS2. The highest BCUT2D eigenvalue weighted by Gasteiger charge is 2.26. The molecule has 6 heteroatoms. The van der Waals surface area contributed by atoms with Gasteiger partial charge in [-0.15, -0.1) is 0 Å². The normalized spacial score (nSPS) is 20.9. The Kier molecular flexibility index (Phi) is 6.65. The SMILES string of the molecule is CCNC(Cc1c(F)ccc(Br)c1F)C1CSCCS1. The van der Waals surface area contributed by atoms with Crippen LogP contribution in [0.3, 0.4) is 0 Å². The van der Waals surface area contributed by atoms with Crippen molar-refractivity contribution in [3.63, 3.8) is 0 Å². The first-order valence-electron chi connectivity index (χ1n) is 6.68. The monoisotopic (exact) mass is 381 g/mol. The van der Waals surface area contributed by atoms with E-state index in [-0.39, 0.29) is 11.6 Å². The molecule has 2 unspecified atom stereocenters. The van der Waals surface area contributed by atoms with Crippen molar-refractivity contribution in [3.8, 4) is 0 Å². The van der Waals surface area contributed by atoms with Gasteiger partial charge in [0.2, 0.25) is 0 Å². The fourth-order valence-electron chi connectivity index (χ4n) is 2.31. The highest BCUT2D eigenvalue weighted by Crippen LogP contribution is 2.30. The van der Waals surface area contributed by atoms with Gasteiger partial charge in [-0.2, -0.15) is 23.5 Å². The van der Waals surface area contributed by atoms with Gasteiger partial charge in [0.25, 0.3) is 0 Å². The Labute approximate surface area is 135 Å². The summed E-state index contributed by atoms with van der Waals surface area (Å²) in [7, 11) is 0. The molecule has 0 aromatic heterocycles. The zero-order chi connectivity index (χ0) is 14.5. The Bertz CT molecular complexity index is 453. The van der Waals surface area contributed by atoms with E-state index in [0.717, 1.165) is 18.1 Å². The van der Waals surface area contributed by atoms with Crippen molar-refractivity contribution in [1.29, 1.82) is 0 Å². The molecule has 1 aromatic carbocycles. The third-order valence-corrected chi connectivity index (χ3v) is 6.85. The molecule has 1 N–H and O–H groups in total. The fourth-order valence-corrected chi connectivity index (χ4v) is 5.57. The number of rotatable bonds is 5. The van der Waals surface area contributed by atoms with E-state index in [1.807, 2.05) is 30.4 Å². The number of hydrogen-bond acceptors (Lipinski definition) is 3. The lowest BCUT2D eigenvalue weighted by molar-refractivity contribution is 0.483. The molecule has 2 atom stereocenters. The maximum Gasteiger partial charge on any atom is 0.143 e. The molecule has 112 valence electrons. The largest absolute Gasteiger partial charge is 0.313 e. The van der Waals surface area contributed by atoms with Gasteiger partial charge in [0.15, 0.2) is 0 Å². The maximum atomic E-state index is 14.1. The van der Waals surface area contributed by atoms with Crippen molar-refractivity contribution in [1.82, 2.24) is 5.32 Å². The number of hydrogen-bond donors (Lipinski definition) is 1. The average Bonchev–Trinajstić information content (AvgIpc) is 2.47. The molecule has 0 aliphatic carbocycles. The van der Waals surface area contributed by atoms with Crippen LogP contribution in [0, 0.1) is 11.6 Å². The number of benzene rings is 1. The molecule has 1 fully saturated rings. The first kappa shape index (κ1) is 16.6. The predicted molar refractivity (Wildman–Crippen MR) is 88.8 cm³/mol. The summed E-state index contributed by atoms with van der Waals surface area (Å²) in [6.07, 6.45) is 0.392. The fraction of sp³-hybridized carbons (Fsp3) is 0.571. The second kappa shape index (κ2) is 8.01. The Balaban J connectivity index is 2.17. The van der Waals surface area contributed by atoms with E-state index in [4.69, 9.17) is 0 Å². The number of likely N-dealkylation sites (N-methyl/N-ethyl adjacent to an activating group) is 1. The first-order chi connectivity index (χ1) is 9.63. The maximum absolute atomic E-state index is 14.1. The minimum atomic E-state index is -0.471. The van der Waals surface area contributed by atoms with Gasteiger partial charge in [-0.1, -0.05) is 6.92 Å². The Morgan fingerprint density at radius 2 is 2.20 bits per heavy atom. The van der Waals surface area contributed by atoms with Crippen molar-refractivity contribution in [2.24, 2.45) is 0 Å². The van der Waals surface area contributed by atoms with E-state index in [9.17, 15) is 8.78 Å². The minimum Gasteiger partial charge on any atom is -0.313 e. The van der Waals surface area contributed by atoms with Gasteiger partial charge in [0.1, 0.15) is 11.6 Å². The van der Waals surface area contributed by atoms with Crippen LogP contribution >= 0.6 is 39.5 Å². The summed E-state index contributed by atoms with van der Waals surface area (Å²) in [4.78, 5) is 0. The molecule has 0 amide bonds. The first-order valence-corrected chi connectivity index (χ1v) is 9.68. The molecule has 1 nitrogen and oxygen atoms in total. The molecular weight excluding hydrogens is 364 g/mol. The summed E-state index contributed by atoms with van der Waals surface area (Å²) in [6, 6.07) is 2.85. The summed E-state index contributed by atoms with van der Waals surface area (Å²) in [6.45, 7) is 2.84. The molecule has 1 heterocycles. The number of halogens is 3. The topological polar surface area (TPSA) is 12.0 Å². The molecule has 0 spiro atoms. The van der Waals surface area contributed by atoms with E-state index in [1.54, 1.807) is 0 Å². The summed E-state index contributed by atoms with van der Waals surface area (Å²) < 4.78 is 28.3. The van der Waals surface area contributed by atoms with Crippen LogP contribution in [0.4, 0.5) is 8.78 Å². The number of nitrogens with one attached hydrogen (secondary N) is 1. The predicted octanol–water partition coefficient (Wildman–Crippen LogP) is 4.10. The molecule has 20 heavy (non-hydrogen) atoms. The Morgan fingerprint density at radius 1 is 1.40 bits per heavy atom. The quantitative estimate of drug-likeness (QED) is 0.771. The summed E-state index contributed by atoms with van der Waals surface area (Å²) >= 11 is 6.96. The lowest BCUT2D eigenvalue weighted by Crippen LogP contribution is -2.43. The van der Waals surface area contributed by atoms with Gasteiger partial charge in [0.05, 0.1) is 4.47 Å². The van der Waals surface area contributed by atoms with Crippen LogP contribution in [0.15, 0.2) is 16.6 Å². The summed E-state index contributed by atoms with van der Waals surface area (Å²) in [5.74, 6) is 2.39. The highest BCUT2D eigenvalue weighted by molar-refractivity contribution is 9.10. The van der Waals surface area contributed by atoms with Gasteiger partial charge in [-0.05, 0) is 41.0 Å². The van der Waals surface area contributed by atoms with E-state index in [0.29, 0.717) is 16.1 Å². The lowest BCUT2D eigenvalue weighted by Gasteiger charge is -2.30. The highest BCUT2D eigenvalue weighted by atomic mass is 79.9. The van der Waals surface area contributed by atoms with Crippen molar-refractivity contribution in [2.75, 3.05) is 23.8 Å².